The average molecular weight is 195 g/mol. The van der Waals surface area contributed by atoms with Crippen LogP contribution in [0.2, 0.25) is 0 Å². The first-order chi connectivity index (χ1) is 6.24. The predicted octanol–water partition coefficient (Wildman–Crippen LogP) is 2.78. The first kappa shape index (κ1) is 8.78. The number of fused-ring (bicyclic) bond motifs is 1. The monoisotopic (exact) mass is 195 g/mol. The van der Waals surface area contributed by atoms with Gasteiger partial charge in [0.05, 0.1) is 6.61 Å². The minimum absolute atomic E-state index is 0.125. The predicted molar refractivity (Wildman–Crippen MR) is 56.1 cm³/mol. The van der Waals surface area contributed by atoms with Gasteiger partial charge in [0, 0.05) is 17.1 Å². The quantitative estimate of drug-likeness (QED) is 0.783. The van der Waals surface area contributed by atoms with Crippen LogP contribution in [0.1, 0.15) is 25.6 Å². The van der Waals surface area contributed by atoms with Crippen molar-refractivity contribution in [3.63, 3.8) is 0 Å². The molecule has 0 aliphatic rings. The van der Waals surface area contributed by atoms with Crippen LogP contribution in [0, 0.1) is 0 Å². The SMILES string of the molecule is CC(C)n1c(CO)cc2ccsc21. The Morgan fingerprint density at radius 2 is 2.31 bits per heavy atom. The number of rotatable bonds is 2. The highest BCUT2D eigenvalue weighted by molar-refractivity contribution is 7.16. The molecule has 0 spiro atoms. The van der Waals surface area contributed by atoms with Gasteiger partial charge in [0.1, 0.15) is 4.83 Å². The Hall–Kier alpha value is -0.800. The van der Waals surface area contributed by atoms with E-state index in [9.17, 15) is 5.11 Å². The molecule has 3 heteroatoms. The molecule has 0 aromatic carbocycles. The van der Waals surface area contributed by atoms with Crippen LogP contribution in [0.25, 0.3) is 10.2 Å². The van der Waals surface area contributed by atoms with Gasteiger partial charge in [-0.2, -0.15) is 0 Å². The molecule has 0 radical (unpaired) electrons. The molecule has 0 unspecified atom stereocenters. The highest BCUT2D eigenvalue weighted by atomic mass is 32.1. The van der Waals surface area contributed by atoms with Crippen molar-refractivity contribution in [3.05, 3.63) is 23.2 Å². The van der Waals surface area contributed by atoms with E-state index in [1.54, 1.807) is 11.3 Å². The third kappa shape index (κ3) is 1.28. The minimum atomic E-state index is 0.125. The number of thiophene rings is 1. The molecular weight excluding hydrogens is 182 g/mol. The molecule has 70 valence electrons. The fraction of sp³-hybridized carbons (Fsp3) is 0.400. The Balaban J connectivity index is 2.70. The van der Waals surface area contributed by atoms with Crippen LogP contribution in [-0.4, -0.2) is 9.67 Å². The van der Waals surface area contributed by atoms with Crippen LogP contribution in [-0.2, 0) is 6.61 Å². The zero-order valence-corrected chi connectivity index (χ0v) is 8.64. The zero-order valence-electron chi connectivity index (χ0n) is 7.82. The fourth-order valence-corrected chi connectivity index (χ4v) is 2.73. The van der Waals surface area contributed by atoms with Crippen LogP contribution in [0.4, 0.5) is 0 Å². The Morgan fingerprint density at radius 3 is 2.92 bits per heavy atom. The van der Waals surface area contributed by atoms with Crippen molar-refractivity contribution in [3.8, 4) is 0 Å². The fourth-order valence-electron chi connectivity index (χ4n) is 1.68. The molecule has 0 saturated heterocycles. The molecule has 2 rings (SSSR count). The molecule has 0 bridgehead atoms. The lowest BCUT2D eigenvalue weighted by Gasteiger charge is -2.11. The Kier molecular flexibility index (Phi) is 2.14. The Bertz CT molecular complexity index is 413. The van der Waals surface area contributed by atoms with Gasteiger partial charge >= 0.3 is 0 Å². The normalized spacial score (nSPS) is 11.7. The minimum Gasteiger partial charge on any atom is -0.390 e. The van der Waals surface area contributed by atoms with Crippen molar-refractivity contribution in [2.24, 2.45) is 0 Å². The average Bonchev–Trinajstić information content (AvgIpc) is 2.59. The van der Waals surface area contributed by atoms with Crippen molar-refractivity contribution >= 4 is 21.6 Å². The first-order valence-electron chi connectivity index (χ1n) is 4.42. The number of aliphatic hydroxyl groups is 1. The van der Waals surface area contributed by atoms with E-state index in [1.165, 1.54) is 10.2 Å². The largest absolute Gasteiger partial charge is 0.390 e. The third-order valence-electron chi connectivity index (χ3n) is 2.20. The molecule has 0 saturated carbocycles. The van der Waals surface area contributed by atoms with Crippen molar-refractivity contribution < 1.29 is 5.11 Å². The van der Waals surface area contributed by atoms with Crippen LogP contribution < -0.4 is 0 Å². The van der Waals surface area contributed by atoms with E-state index in [0.29, 0.717) is 6.04 Å². The highest BCUT2D eigenvalue weighted by Gasteiger charge is 2.10. The molecule has 2 aromatic rings. The summed E-state index contributed by atoms with van der Waals surface area (Å²) >= 11 is 1.73. The molecular formula is C10H13NOS. The molecule has 0 aliphatic carbocycles. The summed E-state index contributed by atoms with van der Waals surface area (Å²) in [5, 5.41) is 12.5. The van der Waals surface area contributed by atoms with Gasteiger partial charge in [-0.05, 0) is 31.4 Å². The maximum Gasteiger partial charge on any atom is 0.103 e. The number of hydrogen-bond acceptors (Lipinski definition) is 2. The molecule has 2 heterocycles. The highest BCUT2D eigenvalue weighted by Crippen LogP contribution is 2.28. The summed E-state index contributed by atoms with van der Waals surface area (Å²) in [5.74, 6) is 0. The number of aliphatic hydroxyl groups excluding tert-OH is 1. The van der Waals surface area contributed by atoms with Gasteiger partial charge in [0.15, 0.2) is 0 Å². The van der Waals surface area contributed by atoms with E-state index in [-0.39, 0.29) is 6.61 Å². The van der Waals surface area contributed by atoms with E-state index >= 15 is 0 Å². The van der Waals surface area contributed by atoms with Crippen LogP contribution >= 0.6 is 11.3 Å². The molecule has 0 atom stereocenters. The second-order valence-electron chi connectivity index (χ2n) is 3.44. The van der Waals surface area contributed by atoms with Crippen molar-refractivity contribution in [2.45, 2.75) is 26.5 Å². The van der Waals surface area contributed by atoms with Gasteiger partial charge < -0.3 is 9.67 Å². The van der Waals surface area contributed by atoms with Gasteiger partial charge in [-0.15, -0.1) is 11.3 Å². The van der Waals surface area contributed by atoms with E-state index in [2.05, 4.69) is 35.9 Å². The summed E-state index contributed by atoms with van der Waals surface area (Å²) in [6, 6.07) is 4.57. The molecule has 1 N–H and O–H groups in total. The molecule has 0 aliphatic heterocycles. The molecule has 13 heavy (non-hydrogen) atoms. The third-order valence-corrected chi connectivity index (χ3v) is 3.13. The number of nitrogens with zero attached hydrogens (tertiary/aromatic N) is 1. The van der Waals surface area contributed by atoms with Gasteiger partial charge in [-0.25, -0.2) is 0 Å². The second-order valence-corrected chi connectivity index (χ2v) is 4.33. The standard InChI is InChI=1S/C10H13NOS/c1-7(2)11-9(6-12)5-8-3-4-13-10(8)11/h3-5,7,12H,6H2,1-2H3. The van der Waals surface area contributed by atoms with E-state index < -0.39 is 0 Å². The maximum atomic E-state index is 9.17. The zero-order chi connectivity index (χ0) is 9.42. The first-order valence-corrected chi connectivity index (χ1v) is 5.30. The van der Waals surface area contributed by atoms with Crippen LogP contribution in [0.5, 0.6) is 0 Å². The summed E-state index contributed by atoms with van der Waals surface area (Å²) in [6.07, 6.45) is 0. The second kappa shape index (κ2) is 3.16. The number of hydrogen-bond donors (Lipinski definition) is 1. The van der Waals surface area contributed by atoms with Gasteiger partial charge in [0.2, 0.25) is 0 Å². The molecule has 2 nitrogen and oxygen atoms in total. The van der Waals surface area contributed by atoms with Crippen molar-refractivity contribution in [1.29, 1.82) is 0 Å². The summed E-state index contributed by atoms with van der Waals surface area (Å²) in [7, 11) is 0. The van der Waals surface area contributed by atoms with Crippen molar-refractivity contribution in [2.75, 3.05) is 0 Å². The Labute approximate surface area is 81.4 Å². The molecule has 0 fully saturated rings. The summed E-state index contributed by atoms with van der Waals surface area (Å²) < 4.78 is 2.19. The topological polar surface area (TPSA) is 25.2 Å². The van der Waals surface area contributed by atoms with Gasteiger partial charge in [-0.1, -0.05) is 0 Å². The van der Waals surface area contributed by atoms with Crippen LogP contribution in [0.15, 0.2) is 17.5 Å². The van der Waals surface area contributed by atoms with Crippen LogP contribution in [0.3, 0.4) is 0 Å². The maximum absolute atomic E-state index is 9.17. The summed E-state index contributed by atoms with van der Waals surface area (Å²) in [5.41, 5.74) is 1.01. The summed E-state index contributed by atoms with van der Waals surface area (Å²) in [4.78, 5) is 1.26. The van der Waals surface area contributed by atoms with E-state index in [1.807, 2.05) is 0 Å². The lowest BCUT2D eigenvalue weighted by Crippen LogP contribution is -2.04. The molecule has 2 aromatic heterocycles. The Morgan fingerprint density at radius 1 is 1.54 bits per heavy atom. The summed E-state index contributed by atoms with van der Waals surface area (Å²) in [6.45, 7) is 4.40. The van der Waals surface area contributed by atoms with E-state index in [4.69, 9.17) is 0 Å². The molecule has 0 amide bonds. The lowest BCUT2D eigenvalue weighted by molar-refractivity contribution is 0.269. The lowest BCUT2D eigenvalue weighted by atomic mass is 10.3. The number of aromatic nitrogens is 1. The van der Waals surface area contributed by atoms with Crippen molar-refractivity contribution in [1.82, 2.24) is 4.57 Å². The van der Waals surface area contributed by atoms with Gasteiger partial charge in [-0.3, -0.25) is 0 Å². The van der Waals surface area contributed by atoms with Gasteiger partial charge in [0.25, 0.3) is 0 Å². The van der Waals surface area contributed by atoms with E-state index in [0.717, 1.165) is 5.69 Å². The smallest absolute Gasteiger partial charge is 0.103 e.